The Morgan fingerprint density at radius 1 is 1.26 bits per heavy atom. The fourth-order valence-electron chi connectivity index (χ4n) is 2.63. The van der Waals surface area contributed by atoms with Crippen LogP contribution in [0, 0.1) is 5.92 Å². The van der Waals surface area contributed by atoms with E-state index in [1.807, 2.05) is 38.1 Å². The van der Waals surface area contributed by atoms with Crippen molar-refractivity contribution in [2.75, 3.05) is 6.54 Å². The van der Waals surface area contributed by atoms with Crippen molar-refractivity contribution in [2.24, 2.45) is 5.92 Å². The Labute approximate surface area is 113 Å². The maximum absolute atomic E-state index is 12.5. The average molecular weight is 261 g/mol. The number of carbonyl (C=O) groups excluding carboxylic acids is 1. The monoisotopic (exact) mass is 261 g/mol. The lowest BCUT2D eigenvalue weighted by molar-refractivity contribution is -0.147. The van der Waals surface area contributed by atoms with E-state index >= 15 is 0 Å². The summed E-state index contributed by atoms with van der Waals surface area (Å²) >= 11 is 0. The Kier molecular flexibility index (Phi) is 3.88. The van der Waals surface area contributed by atoms with Gasteiger partial charge < -0.3 is 10.0 Å². The van der Waals surface area contributed by atoms with Crippen LogP contribution in [0.2, 0.25) is 0 Å². The molecule has 4 nitrogen and oxygen atoms in total. The standard InChI is InChI=1S/C15H19NO3/c1-10(2)16(9-14(17)18)15(19)13-7-11-5-3-4-6-12(11)8-13/h3-6,10,13H,7-9H2,1-2H3,(H,17,18). The number of carbonyl (C=O) groups is 2. The fourth-order valence-corrected chi connectivity index (χ4v) is 2.63. The first-order valence-corrected chi connectivity index (χ1v) is 6.58. The first-order chi connectivity index (χ1) is 8.99. The van der Waals surface area contributed by atoms with E-state index in [-0.39, 0.29) is 24.4 Å². The lowest BCUT2D eigenvalue weighted by Crippen LogP contribution is -2.44. The molecule has 1 aliphatic carbocycles. The summed E-state index contributed by atoms with van der Waals surface area (Å²) in [4.78, 5) is 24.8. The lowest BCUT2D eigenvalue weighted by Gasteiger charge is -2.27. The Morgan fingerprint density at radius 2 is 1.79 bits per heavy atom. The van der Waals surface area contributed by atoms with Gasteiger partial charge in [0, 0.05) is 12.0 Å². The normalized spacial score (nSPS) is 14.5. The van der Waals surface area contributed by atoms with Crippen molar-refractivity contribution >= 4 is 11.9 Å². The molecule has 0 aliphatic heterocycles. The summed E-state index contributed by atoms with van der Waals surface area (Å²) < 4.78 is 0. The van der Waals surface area contributed by atoms with Crippen molar-refractivity contribution in [3.63, 3.8) is 0 Å². The summed E-state index contributed by atoms with van der Waals surface area (Å²) in [6, 6.07) is 7.94. The molecule has 0 atom stereocenters. The zero-order chi connectivity index (χ0) is 14.0. The van der Waals surface area contributed by atoms with Crippen LogP contribution in [0.25, 0.3) is 0 Å². The number of nitrogens with zero attached hydrogens (tertiary/aromatic N) is 1. The molecule has 0 unspecified atom stereocenters. The molecule has 0 spiro atoms. The molecular weight excluding hydrogens is 242 g/mol. The molecule has 0 saturated carbocycles. The van der Waals surface area contributed by atoms with Gasteiger partial charge in [-0.05, 0) is 37.8 Å². The number of carboxylic acids is 1. The van der Waals surface area contributed by atoms with Gasteiger partial charge in [0.1, 0.15) is 6.54 Å². The molecule has 0 bridgehead atoms. The van der Waals surface area contributed by atoms with Crippen molar-refractivity contribution < 1.29 is 14.7 Å². The highest BCUT2D eigenvalue weighted by Gasteiger charge is 2.32. The molecule has 0 aromatic heterocycles. The highest BCUT2D eigenvalue weighted by atomic mass is 16.4. The molecule has 19 heavy (non-hydrogen) atoms. The van der Waals surface area contributed by atoms with E-state index in [1.165, 1.54) is 16.0 Å². The second-order valence-corrected chi connectivity index (χ2v) is 5.33. The van der Waals surface area contributed by atoms with Gasteiger partial charge in [0.2, 0.25) is 5.91 Å². The smallest absolute Gasteiger partial charge is 0.323 e. The molecule has 0 radical (unpaired) electrons. The Balaban J connectivity index is 2.10. The number of amides is 1. The number of carboxylic acid groups (broad SMARTS) is 1. The van der Waals surface area contributed by atoms with Gasteiger partial charge in [0.15, 0.2) is 0 Å². The number of hydrogen-bond acceptors (Lipinski definition) is 2. The molecule has 0 heterocycles. The van der Waals surface area contributed by atoms with Crippen LogP contribution in [0.3, 0.4) is 0 Å². The molecular formula is C15H19NO3. The minimum Gasteiger partial charge on any atom is -0.480 e. The Bertz CT molecular complexity index is 471. The van der Waals surface area contributed by atoms with E-state index in [4.69, 9.17) is 5.11 Å². The lowest BCUT2D eigenvalue weighted by atomic mass is 10.0. The van der Waals surface area contributed by atoms with Crippen LogP contribution in [0.4, 0.5) is 0 Å². The number of aliphatic carboxylic acids is 1. The molecule has 4 heteroatoms. The van der Waals surface area contributed by atoms with E-state index in [2.05, 4.69) is 0 Å². The molecule has 1 aromatic rings. The molecule has 0 saturated heterocycles. The Morgan fingerprint density at radius 3 is 2.21 bits per heavy atom. The van der Waals surface area contributed by atoms with Gasteiger partial charge in [-0.15, -0.1) is 0 Å². The largest absolute Gasteiger partial charge is 0.480 e. The summed E-state index contributed by atoms with van der Waals surface area (Å²) in [7, 11) is 0. The van der Waals surface area contributed by atoms with Gasteiger partial charge in [-0.2, -0.15) is 0 Å². The van der Waals surface area contributed by atoms with Crippen LogP contribution in [0.5, 0.6) is 0 Å². The van der Waals surface area contributed by atoms with Crippen molar-refractivity contribution in [3.8, 4) is 0 Å². The third-order valence-corrected chi connectivity index (χ3v) is 3.61. The van der Waals surface area contributed by atoms with E-state index in [1.54, 1.807) is 0 Å². The molecule has 1 aromatic carbocycles. The van der Waals surface area contributed by atoms with Crippen LogP contribution in [0.1, 0.15) is 25.0 Å². The summed E-state index contributed by atoms with van der Waals surface area (Å²) in [5.74, 6) is -1.12. The number of benzene rings is 1. The van der Waals surface area contributed by atoms with Gasteiger partial charge in [0.05, 0.1) is 0 Å². The first kappa shape index (κ1) is 13.6. The van der Waals surface area contributed by atoms with Crippen LogP contribution in [0.15, 0.2) is 24.3 Å². The van der Waals surface area contributed by atoms with Crippen molar-refractivity contribution in [3.05, 3.63) is 35.4 Å². The molecule has 1 aliphatic rings. The second kappa shape index (κ2) is 5.43. The predicted octanol–water partition coefficient (Wildman–Crippen LogP) is 1.72. The van der Waals surface area contributed by atoms with Crippen molar-refractivity contribution in [1.82, 2.24) is 4.90 Å². The van der Waals surface area contributed by atoms with Gasteiger partial charge in [-0.1, -0.05) is 24.3 Å². The van der Waals surface area contributed by atoms with Crippen molar-refractivity contribution in [2.45, 2.75) is 32.7 Å². The van der Waals surface area contributed by atoms with Crippen LogP contribution < -0.4 is 0 Å². The summed E-state index contributed by atoms with van der Waals surface area (Å²) in [5.41, 5.74) is 2.42. The summed E-state index contributed by atoms with van der Waals surface area (Å²) in [6.07, 6.45) is 1.44. The van der Waals surface area contributed by atoms with E-state index in [0.29, 0.717) is 0 Å². The van der Waals surface area contributed by atoms with Crippen LogP contribution >= 0.6 is 0 Å². The zero-order valence-corrected chi connectivity index (χ0v) is 11.3. The SMILES string of the molecule is CC(C)N(CC(=O)O)C(=O)C1Cc2ccccc2C1. The van der Waals surface area contributed by atoms with Gasteiger partial charge >= 0.3 is 5.97 Å². The minimum absolute atomic E-state index is 0.0476. The molecule has 2 rings (SSSR count). The van der Waals surface area contributed by atoms with Gasteiger partial charge in [-0.3, -0.25) is 9.59 Å². The topological polar surface area (TPSA) is 57.6 Å². The summed E-state index contributed by atoms with van der Waals surface area (Å²) in [6.45, 7) is 3.48. The first-order valence-electron chi connectivity index (χ1n) is 6.58. The maximum Gasteiger partial charge on any atom is 0.323 e. The highest BCUT2D eigenvalue weighted by molar-refractivity contribution is 5.84. The van der Waals surface area contributed by atoms with E-state index in [9.17, 15) is 9.59 Å². The van der Waals surface area contributed by atoms with Crippen LogP contribution in [-0.4, -0.2) is 34.5 Å². The predicted molar refractivity (Wildman–Crippen MR) is 71.8 cm³/mol. The third kappa shape index (κ3) is 2.95. The number of hydrogen-bond donors (Lipinski definition) is 1. The van der Waals surface area contributed by atoms with Crippen molar-refractivity contribution in [1.29, 1.82) is 0 Å². The van der Waals surface area contributed by atoms with E-state index in [0.717, 1.165) is 12.8 Å². The minimum atomic E-state index is -0.961. The van der Waals surface area contributed by atoms with Crippen LogP contribution in [-0.2, 0) is 22.4 Å². The van der Waals surface area contributed by atoms with Gasteiger partial charge in [-0.25, -0.2) is 0 Å². The highest BCUT2D eigenvalue weighted by Crippen LogP contribution is 2.28. The average Bonchev–Trinajstić information content (AvgIpc) is 2.78. The molecule has 0 fully saturated rings. The van der Waals surface area contributed by atoms with E-state index < -0.39 is 5.97 Å². The maximum atomic E-state index is 12.5. The zero-order valence-electron chi connectivity index (χ0n) is 11.3. The molecule has 1 N–H and O–H groups in total. The number of fused-ring (bicyclic) bond motifs is 1. The second-order valence-electron chi connectivity index (χ2n) is 5.33. The fraction of sp³-hybridized carbons (Fsp3) is 0.467. The quantitative estimate of drug-likeness (QED) is 0.898. The third-order valence-electron chi connectivity index (χ3n) is 3.61. The Hall–Kier alpha value is -1.84. The van der Waals surface area contributed by atoms with Gasteiger partial charge in [0.25, 0.3) is 0 Å². The molecule has 102 valence electrons. The number of rotatable bonds is 4. The summed E-state index contributed by atoms with van der Waals surface area (Å²) in [5, 5.41) is 8.90. The molecule has 1 amide bonds.